The standard InChI is InChI=1S/C27H41NO8/c1-16(8-11-23-26(31)27(15-33-27)14-25(32-6)36-23)7-10-22-17(2)13-21(19(4)35-22)28-24(30)12-9-18(3)34-20(5)29/h7-9,11-12,17-19,21-23,25-26,31H,10,13-15H2,1-6H3,(H,28,30)/b11-8+,12-9-,16-7+/t17-,18-,19+,21+,22-,23?,25-,26+,27+/m0/s1. The molecule has 3 rings (SSSR count). The molecule has 3 aliphatic heterocycles. The summed E-state index contributed by atoms with van der Waals surface area (Å²) in [6.45, 7) is 9.66. The van der Waals surface area contributed by atoms with Crippen LogP contribution in [0.15, 0.2) is 36.0 Å². The first-order valence-corrected chi connectivity index (χ1v) is 12.7. The van der Waals surface area contributed by atoms with Gasteiger partial charge in [-0.05, 0) is 45.6 Å². The highest BCUT2D eigenvalue weighted by molar-refractivity contribution is 5.87. The highest BCUT2D eigenvalue weighted by atomic mass is 16.7. The van der Waals surface area contributed by atoms with Gasteiger partial charge in [-0.15, -0.1) is 0 Å². The van der Waals surface area contributed by atoms with E-state index in [4.69, 9.17) is 23.7 Å². The van der Waals surface area contributed by atoms with Gasteiger partial charge in [0, 0.05) is 26.5 Å². The number of methoxy groups -OCH3 is 1. The van der Waals surface area contributed by atoms with Crippen LogP contribution in [-0.2, 0) is 33.3 Å². The van der Waals surface area contributed by atoms with E-state index in [1.165, 1.54) is 13.0 Å². The smallest absolute Gasteiger partial charge is 0.303 e. The molecular formula is C27H41NO8. The van der Waals surface area contributed by atoms with Crippen LogP contribution in [-0.4, -0.2) is 79.2 Å². The number of aliphatic hydroxyl groups is 1. The zero-order chi connectivity index (χ0) is 26.5. The summed E-state index contributed by atoms with van der Waals surface area (Å²) in [6.07, 6.45) is 8.80. The number of allylic oxidation sites excluding steroid dienone is 2. The maximum atomic E-state index is 12.3. The third-order valence-electron chi connectivity index (χ3n) is 7.08. The fourth-order valence-electron chi connectivity index (χ4n) is 4.76. The number of aliphatic hydroxyl groups excluding tert-OH is 1. The van der Waals surface area contributed by atoms with E-state index in [1.54, 1.807) is 20.1 Å². The zero-order valence-corrected chi connectivity index (χ0v) is 22.1. The van der Waals surface area contributed by atoms with Gasteiger partial charge in [-0.1, -0.05) is 30.7 Å². The molecule has 0 aromatic carbocycles. The summed E-state index contributed by atoms with van der Waals surface area (Å²) in [6, 6.07) is -0.0990. The van der Waals surface area contributed by atoms with Crippen molar-refractivity contribution in [2.24, 2.45) is 5.92 Å². The lowest BCUT2D eigenvalue weighted by Gasteiger charge is -2.39. The minimum absolute atomic E-state index is 0.0357. The van der Waals surface area contributed by atoms with Crippen LogP contribution < -0.4 is 5.32 Å². The monoisotopic (exact) mass is 507 g/mol. The first kappa shape index (κ1) is 28.5. The highest BCUT2D eigenvalue weighted by Gasteiger charge is 2.58. The van der Waals surface area contributed by atoms with E-state index < -0.39 is 30.2 Å². The molecule has 0 saturated carbocycles. The van der Waals surface area contributed by atoms with Gasteiger partial charge in [0.15, 0.2) is 6.29 Å². The number of carbonyl (C=O) groups is 2. The van der Waals surface area contributed by atoms with E-state index >= 15 is 0 Å². The number of ether oxygens (including phenoxy) is 5. The average Bonchev–Trinajstić information content (AvgIpc) is 3.59. The lowest BCUT2D eigenvalue weighted by Crippen LogP contribution is -2.50. The molecule has 3 saturated heterocycles. The molecule has 0 aromatic rings. The van der Waals surface area contributed by atoms with E-state index in [9.17, 15) is 14.7 Å². The fraction of sp³-hybridized carbons (Fsp3) is 0.704. The van der Waals surface area contributed by atoms with Crippen LogP contribution in [0.1, 0.15) is 53.9 Å². The van der Waals surface area contributed by atoms with E-state index in [0.717, 1.165) is 18.4 Å². The number of carbonyl (C=O) groups excluding carboxylic acids is 2. The van der Waals surface area contributed by atoms with Gasteiger partial charge in [-0.25, -0.2) is 0 Å². The van der Waals surface area contributed by atoms with Crippen molar-refractivity contribution in [3.05, 3.63) is 36.0 Å². The quantitative estimate of drug-likeness (QED) is 0.212. The lowest BCUT2D eigenvalue weighted by molar-refractivity contribution is -0.219. The molecule has 9 nitrogen and oxygen atoms in total. The van der Waals surface area contributed by atoms with Crippen LogP contribution in [0.4, 0.5) is 0 Å². The molecule has 1 spiro atoms. The minimum Gasteiger partial charge on any atom is -0.459 e. The number of epoxide rings is 1. The molecule has 1 unspecified atom stereocenters. The third-order valence-corrected chi connectivity index (χ3v) is 7.08. The predicted molar refractivity (Wildman–Crippen MR) is 133 cm³/mol. The van der Waals surface area contributed by atoms with Crippen LogP contribution >= 0.6 is 0 Å². The molecule has 9 heteroatoms. The largest absolute Gasteiger partial charge is 0.459 e. The number of hydrogen-bond donors (Lipinski definition) is 2. The number of hydrogen-bond acceptors (Lipinski definition) is 8. The molecule has 1 amide bonds. The second-order valence-electron chi connectivity index (χ2n) is 10.2. The summed E-state index contributed by atoms with van der Waals surface area (Å²) >= 11 is 0. The van der Waals surface area contributed by atoms with E-state index in [-0.39, 0.29) is 36.0 Å². The van der Waals surface area contributed by atoms with E-state index in [2.05, 4.69) is 18.3 Å². The summed E-state index contributed by atoms with van der Waals surface area (Å²) < 4.78 is 27.9. The van der Waals surface area contributed by atoms with Crippen molar-refractivity contribution in [1.82, 2.24) is 5.32 Å². The Kier molecular flexibility index (Phi) is 9.88. The van der Waals surface area contributed by atoms with E-state index in [1.807, 2.05) is 26.0 Å². The Labute approximate surface area is 213 Å². The molecule has 0 aromatic heterocycles. The SMILES string of the molecule is CO[C@@H]1C[C@@]2(CO2)[C@H](O)C(/C=C/C(C)=C/C[C@@H]2O[C@H](C)[C@H](NC(=O)/C=C\[C@H](C)OC(C)=O)C[C@@H]2C)O1. The maximum absolute atomic E-state index is 12.3. The molecule has 9 atom stereocenters. The second-order valence-corrected chi connectivity index (χ2v) is 10.2. The molecule has 36 heavy (non-hydrogen) atoms. The van der Waals surface area contributed by atoms with Crippen molar-refractivity contribution >= 4 is 11.9 Å². The molecular weight excluding hydrogens is 466 g/mol. The Hall–Kier alpha value is -2.04. The molecule has 3 fully saturated rings. The highest BCUT2D eigenvalue weighted by Crippen LogP contribution is 2.42. The number of esters is 1. The summed E-state index contributed by atoms with van der Waals surface area (Å²) in [4.78, 5) is 23.3. The minimum atomic E-state index is -0.720. The van der Waals surface area contributed by atoms with Crippen LogP contribution in [0.25, 0.3) is 0 Å². The Morgan fingerprint density at radius 1 is 1.22 bits per heavy atom. The Morgan fingerprint density at radius 3 is 2.58 bits per heavy atom. The van der Waals surface area contributed by atoms with Crippen LogP contribution in [0.3, 0.4) is 0 Å². The molecule has 0 aliphatic carbocycles. The van der Waals surface area contributed by atoms with Gasteiger partial charge in [0.05, 0.1) is 24.9 Å². The summed E-state index contributed by atoms with van der Waals surface area (Å²) in [5.41, 5.74) is 0.497. The van der Waals surface area contributed by atoms with Crippen LogP contribution in [0.5, 0.6) is 0 Å². The Morgan fingerprint density at radius 2 is 1.94 bits per heavy atom. The number of amides is 1. The van der Waals surface area contributed by atoms with Gasteiger partial charge in [-0.3, -0.25) is 9.59 Å². The van der Waals surface area contributed by atoms with Crippen molar-refractivity contribution in [2.45, 2.75) is 102 Å². The van der Waals surface area contributed by atoms with Crippen molar-refractivity contribution in [3.63, 3.8) is 0 Å². The first-order valence-electron chi connectivity index (χ1n) is 12.7. The van der Waals surface area contributed by atoms with Gasteiger partial charge in [0.1, 0.15) is 23.9 Å². The summed E-state index contributed by atoms with van der Waals surface area (Å²) in [5, 5.41) is 13.6. The van der Waals surface area contributed by atoms with E-state index in [0.29, 0.717) is 13.0 Å². The Bertz CT molecular complexity index is 864. The molecule has 0 radical (unpaired) electrons. The molecule has 0 bridgehead atoms. The third kappa shape index (κ3) is 7.73. The summed E-state index contributed by atoms with van der Waals surface area (Å²) in [7, 11) is 1.59. The lowest BCUT2D eigenvalue weighted by atomic mass is 9.88. The first-order chi connectivity index (χ1) is 17.0. The fourth-order valence-corrected chi connectivity index (χ4v) is 4.76. The van der Waals surface area contributed by atoms with Gasteiger partial charge < -0.3 is 34.1 Å². The molecule has 3 heterocycles. The van der Waals surface area contributed by atoms with Crippen LogP contribution in [0.2, 0.25) is 0 Å². The number of nitrogens with one attached hydrogen (secondary N) is 1. The maximum Gasteiger partial charge on any atom is 0.303 e. The average molecular weight is 508 g/mol. The van der Waals surface area contributed by atoms with Gasteiger partial charge in [0.2, 0.25) is 5.91 Å². The molecule has 3 aliphatic rings. The van der Waals surface area contributed by atoms with Gasteiger partial charge in [-0.2, -0.15) is 0 Å². The van der Waals surface area contributed by atoms with Crippen molar-refractivity contribution < 1.29 is 38.4 Å². The van der Waals surface area contributed by atoms with Gasteiger partial charge in [0.25, 0.3) is 0 Å². The van der Waals surface area contributed by atoms with Crippen molar-refractivity contribution in [2.75, 3.05) is 13.7 Å². The zero-order valence-electron chi connectivity index (χ0n) is 22.1. The second kappa shape index (κ2) is 12.5. The van der Waals surface area contributed by atoms with Crippen molar-refractivity contribution in [1.29, 1.82) is 0 Å². The normalized spacial score (nSPS) is 37.9. The summed E-state index contributed by atoms with van der Waals surface area (Å²) in [5.74, 6) is -0.370. The molecule has 202 valence electrons. The number of rotatable bonds is 9. The topological polar surface area (TPSA) is 116 Å². The van der Waals surface area contributed by atoms with Gasteiger partial charge >= 0.3 is 5.97 Å². The van der Waals surface area contributed by atoms with Crippen molar-refractivity contribution in [3.8, 4) is 0 Å². The van der Waals surface area contributed by atoms with Crippen LogP contribution in [0, 0.1) is 5.92 Å². The predicted octanol–water partition coefficient (Wildman–Crippen LogP) is 2.58. The molecule has 2 N–H and O–H groups in total. The Balaban J connectivity index is 1.48.